The topological polar surface area (TPSA) is 24.5 Å². The summed E-state index contributed by atoms with van der Waals surface area (Å²) in [4.78, 5) is 2.29. The summed E-state index contributed by atoms with van der Waals surface area (Å²) in [6.45, 7) is 5.71. The quantitative estimate of drug-likeness (QED) is 0.926. The second kappa shape index (κ2) is 5.85. The van der Waals surface area contributed by atoms with Gasteiger partial charge in [-0.05, 0) is 30.7 Å². The van der Waals surface area contributed by atoms with E-state index in [2.05, 4.69) is 58.3 Å². The smallest absolute Gasteiger partial charge is 0.0637 e. The third-order valence-electron chi connectivity index (χ3n) is 3.06. The molecule has 0 bridgehead atoms. The maximum atomic E-state index is 5.47. The number of nitrogens with one attached hydrogen (secondary N) is 1. The first-order chi connectivity index (χ1) is 8.16. The Kier molecular flexibility index (Phi) is 4.42. The third kappa shape index (κ3) is 3.44. The molecule has 94 valence electrons. The lowest BCUT2D eigenvalue weighted by Gasteiger charge is -2.30. The Hall–Kier alpha value is -0.580. The molecule has 1 aliphatic rings. The number of rotatable bonds is 3. The van der Waals surface area contributed by atoms with E-state index < -0.39 is 0 Å². The molecule has 0 amide bonds. The lowest BCUT2D eigenvalue weighted by molar-refractivity contribution is 0.0791. The molecule has 0 aliphatic carbocycles. The van der Waals surface area contributed by atoms with E-state index in [9.17, 15) is 0 Å². The third-order valence-corrected chi connectivity index (χ3v) is 3.56. The van der Waals surface area contributed by atoms with Gasteiger partial charge in [-0.2, -0.15) is 0 Å². The van der Waals surface area contributed by atoms with Gasteiger partial charge in [-0.15, -0.1) is 0 Å². The average molecular weight is 299 g/mol. The van der Waals surface area contributed by atoms with E-state index in [0.717, 1.165) is 30.8 Å². The van der Waals surface area contributed by atoms with Crippen LogP contribution in [0.5, 0.6) is 0 Å². The first-order valence-electron chi connectivity index (χ1n) is 5.95. The van der Waals surface area contributed by atoms with E-state index in [0.29, 0.717) is 6.04 Å². The number of aryl methyl sites for hydroxylation is 1. The van der Waals surface area contributed by atoms with Crippen LogP contribution in [0, 0.1) is 6.92 Å². The zero-order valence-corrected chi connectivity index (χ0v) is 12.0. The van der Waals surface area contributed by atoms with Crippen LogP contribution in [-0.2, 0) is 4.74 Å². The molecular weight excluding hydrogens is 280 g/mol. The molecule has 0 aromatic heterocycles. The van der Waals surface area contributed by atoms with Gasteiger partial charge >= 0.3 is 0 Å². The Morgan fingerprint density at radius 3 is 3.00 bits per heavy atom. The van der Waals surface area contributed by atoms with Crippen LogP contribution in [0.4, 0.5) is 5.69 Å². The minimum atomic E-state index is 0.428. The van der Waals surface area contributed by atoms with Crippen LogP contribution in [0.2, 0.25) is 0 Å². The molecule has 1 fully saturated rings. The number of likely N-dealkylation sites (N-methyl/N-ethyl adjacent to an activating group) is 1. The van der Waals surface area contributed by atoms with Gasteiger partial charge in [0, 0.05) is 36.3 Å². The van der Waals surface area contributed by atoms with Gasteiger partial charge in [0.05, 0.1) is 13.2 Å². The number of morpholine rings is 1. The molecule has 1 atom stereocenters. The number of hydrogen-bond acceptors (Lipinski definition) is 3. The zero-order valence-electron chi connectivity index (χ0n) is 10.4. The van der Waals surface area contributed by atoms with E-state index in [1.165, 1.54) is 11.3 Å². The van der Waals surface area contributed by atoms with Crippen molar-refractivity contribution in [3.8, 4) is 0 Å². The molecule has 0 radical (unpaired) electrons. The van der Waals surface area contributed by atoms with Crippen LogP contribution in [-0.4, -0.2) is 39.4 Å². The number of hydrogen-bond donors (Lipinski definition) is 1. The highest BCUT2D eigenvalue weighted by molar-refractivity contribution is 9.10. The van der Waals surface area contributed by atoms with Crippen molar-refractivity contribution in [2.75, 3.05) is 38.3 Å². The van der Waals surface area contributed by atoms with Crippen molar-refractivity contribution in [1.29, 1.82) is 0 Å². The van der Waals surface area contributed by atoms with Gasteiger partial charge in [-0.1, -0.05) is 15.9 Å². The Morgan fingerprint density at radius 2 is 2.35 bits per heavy atom. The highest BCUT2D eigenvalue weighted by Crippen LogP contribution is 2.23. The normalized spacial score (nSPS) is 20.3. The van der Waals surface area contributed by atoms with Gasteiger partial charge in [0.25, 0.3) is 0 Å². The highest BCUT2D eigenvalue weighted by Gasteiger charge is 2.16. The van der Waals surface area contributed by atoms with Crippen LogP contribution in [0.1, 0.15) is 5.56 Å². The average Bonchev–Trinajstić information content (AvgIpc) is 2.30. The van der Waals surface area contributed by atoms with Crippen molar-refractivity contribution in [3.63, 3.8) is 0 Å². The number of halogens is 1. The standard InChI is InChI=1S/C13H19BrN2O/c1-10-7-11(14)3-4-13(10)16(2)8-12-9-17-6-5-15-12/h3-4,7,12,15H,5-6,8-9H2,1-2H3. The van der Waals surface area contributed by atoms with E-state index in [-0.39, 0.29) is 0 Å². The lowest BCUT2D eigenvalue weighted by Crippen LogP contribution is -2.47. The number of benzene rings is 1. The van der Waals surface area contributed by atoms with Gasteiger partial charge in [0.1, 0.15) is 0 Å². The van der Waals surface area contributed by atoms with Crippen molar-refractivity contribution >= 4 is 21.6 Å². The monoisotopic (exact) mass is 298 g/mol. The predicted molar refractivity (Wildman–Crippen MR) is 74.8 cm³/mol. The molecule has 4 heteroatoms. The molecule has 1 aliphatic heterocycles. The van der Waals surface area contributed by atoms with Crippen LogP contribution < -0.4 is 10.2 Å². The zero-order chi connectivity index (χ0) is 12.3. The Labute approximate surface area is 111 Å². The summed E-state index contributed by atoms with van der Waals surface area (Å²) in [6.07, 6.45) is 0. The van der Waals surface area contributed by atoms with Crippen molar-refractivity contribution in [1.82, 2.24) is 5.32 Å². The first-order valence-corrected chi connectivity index (χ1v) is 6.74. The van der Waals surface area contributed by atoms with Crippen molar-refractivity contribution in [2.45, 2.75) is 13.0 Å². The largest absolute Gasteiger partial charge is 0.378 e. The Bertz CT molecular complexity index is 378. The molecular formula is C13H19BrN2O. The summed E-state index contributed by atoms with van der Waals surface area (Å²) in [5.74, 6) is 0. The maximum Gasteiger partial charge on any atom is 0.0637 e. The SMILES string of the molecule is Cc1cc(Br)ccc1N(C)CC1COCCN1. The van der Waals surface area contributed by atoms with Crippen molar-refractivity contribution in [2.24, 2.45) is 0 Å². The van der Waals surface area contributed by atoms with Gasteiger partial charge in [-0.3, -0.25) is 0 Å². The van der Waals surface area contributed by atoms with E-state index in [1.807, 2.05) is 0 Å². The van der Waals surface area contributed by atoms with E-state index in [1.54, 1.807) is 0 Å². The summed E-state index contributed by atoms with van der Waals surface area (Å²) in [6, 6.07) is 6.82. The minimum Gasteiger partial charge on any atom is -0.378 e. The van der Waals surface area contributed by atoms with Crippen LogP contribution >= 0.6 is 15.9 Å². The molecule has 1 heterocycles. The molecule has 1 aromatic rings. The Morgan fingerprint density at radius 1 is 1.53 bits per heavy atom. The molecule has 1 unspecified atom stereocenters. The molecule has 1 saturated heterocycles. The molecule has 17 heavy (non-hydrogen) atoms. The minimum absolute atomic E-state index is 0.428. The summed E-state index contributed by atoms with van der Waals surface area (Å²) >= 11 is 3.49. The fourth-order valence-corrected chi connectivity index (χ4v) is 2.69. The second-order valence-electron chi connectivity index (χ2n) is 4.54. The summed E-state index contributed by atoms with van der Waals surface area (Å²) in [5, 5.41) is 3.47. The Balaban J connectivity index is 2.00. The van der Waals surface area contributed by atoms with Crippen molar-refractivity contribution in [3.05, 3.63) is 28.2 Å². The molecule has 3 nitrogen and oxygen atoms in total. The molecule has 0 spiro atoms. The van der Waals surface area contributed by atoms with E-state index in [4.69, 9.17) is 4.74 Å². The molecule has 0 saturated carbocycles. The van der Waals surface area contributed by atoms with Crippen LogP contribution in [0.15, 0.2) is 22.7 Å². The van der Waals surface area contributed by atoms with Crippen LogP contribution in [0.3, 0.4) is 0 Å². The van der Waals surface area contributed by atoms with E-state index >= 15 is 0 Å². The molecule has 2 rings (SSSR count). The fourth-order valence-electron chi connectivity index (χ4n) is 2.21. The number of nitrogens with zero attached hydrogens (tertiary/aromatic N) is 1. The first kappa shape index (κ1) is 12.9. The molecule has 1 aromatic carbocycles. The lowest BCUT2D eigenvalue weighted by atomic mass is 10.1. The summed E-state index contributed by atoms with van der Waals surface area (Å²) in [7, 11) is 2.13. The van der Waals surface area contributed by atoms with Crippen molar-refractivity contribution < 1.29 is 4.74 Å². The summed E-state index contributed by atoms with van der Waals surface area (Å²) in [5.41, 5.74) is 2.57. The van der Waals surface area contributed by atoms with Gasteiger partial charge < -0.3 is 15.0 Å². The highest BCUT2D eigenvalue weighted by atomic mass is 79.9. The fraction of sp³-hybridized carbons (Fsp3) is 0.538. The van der Waals surface area contributed by atoms with Crippen LogP contribution in [0.25, 0.3) is 0 Å². The summed E-state index contributed by atoms with van der Waals surface area (Å²) < 4.78 is 6.60. The predicted octanol–water partition coefficient (Wildman–Crippen LogP) is 2.18. The van der Waals surface area contributed by atoms with Gasteiger partial charge in [0.15, 0.2) is 0 Å². The maximum absolute atomic E-state index is 5.47. The van der Waals surface area contributed by atoms with Gasteiger partial charge in [-0.25, -0.2) is 0 Å². The number of anilines is 1. The molecule has 1 N–H and O–H groups in total. The second-order valence-corrected chi connectivity index (χ2v) is 5.45. The van der Waals surface area contributed by atoms with Gasteiger partial charge in [0.2, 0.25) is 0 Å². The number of ether oxygens (including phenoxy) is 1.